The average molecular weight is 522 g/mol. The number of likely N-dealkylation sites (tertiary alicyclic amines) is 1. The van der Waals surface area contributed by atoms with E-state index in [2.05, 4.69) is 11.9 Å². The van der Waals surface area contributed by atoms with Crippen molar-refractivity contribution in [1.29, 1.82) is 0 Å². The van der Waals surface area contributed by atoms with Gasteiger partial charge in [-0.3, -0.25) is 14.4 Å². The van der Waals surface area contributed by atoms with Gasteiger partial charge in [0.2, 0.25) is 5.91 Å². The Hall–Kier alpha value is -2.66. The number of amides is 2. The van der Waals surface area contributed by atoms with E-state index in [1.165, 1.54) is 23.1 Å². The van der Waals surface area contributed by atoms with Crippen LogP contribution in [0, 0.1) is 5.92 Å². The van der Waals surface area contributed by atoms with Crippen LogP contribution in [0.1, 0.15) is 44.0 Å². The third kappa shape index (κ3) is 7.41. The minimum atomic E-state index is -0.452. The lowest BCUT2D eigenvalue weighted by molar-refractivity contribution is -0.143. The second-order valence-electron chi connectivity index (χ2n) is 8.24. The first-order chi connectivity index (χ1) is 16.8. The SMILES string of the molecule is CCOC(=O)Cn1c(=NC(=O)CSCC(=O)N2CCC(C)CC2)sc2cc(C(=O)OCC)ccc21. The van der Waals surface area contributed by atoms with Gasteiger partial charge in [0, 0.05) is 13.1 Å². The molecule has 11 heteroatoms. The van der Waals surface area contributed by atoms with E-state index >= 15 is 0 Å². The molecule has 0 spiro atoms. The van der Waals surface area contributed by atoms with Crippen molar-refractivity contribution < 1.29 is 28.7 Å². The Labute approximate surface area is 212 Å². The summed E-state index contributed by atoms with van der Waals surface area (Å²) in [4.78, 5) is 55.7. The van der Waals surface area contributed by atoms with E-state index in [4.69, 9.17) is 9.47 Å². The number of fused-ring (bicyclic) bond motifs is 1. The van der Waals surface area contributed by atoms with Crippen LogP contribution in [0.4, 0.5) is 0 Å². The highest BCUT2D eigenvalue weighted by Crippen LogP contribution is 2.21. The Morgan fingerprint density at radius 1 is 1.09 bits per heavy atom. The molecule has 1 aromatic heterocycles. The van der Waals surface area contributed by atoms with Gasteiger partial charge in [-0.05, 0) is 50.8 Å². The molecular formula is C24H31N3O6S2. The Morgan fingerprint density at radius 2 is 1.80 bits per heavy atom. The molecule has 0 aliphatic carbocycles. The van der Waals surface area contributed by atoms with Gasteiger partial charge in [0.25, 0.3) is 5.91 Å². The summed E-state index contributed by atoms with van der Waals surface area (Å²) in [6.07, 6.45) is 2.02. The van der Waals surface area contributed by atoms with Crippen molar-refractivity contribution in [3.8, 4) is 0 Å². The number of thiazole rings is 1. The zero-order valence-electron chi connectivity index (χ0n) is 20.3. The van der Waals surface area contributed by atoms with Gasteiger partial charge >= 0.3 is 11.9 Å². The maximum Gasteiger partial charge on any atom is 0.338 e. The number of esters is 2. The molecule has 0 bridgehead atoms. The van der Waals surface area contributed by atoms with E-state index in [9.17, 15) is 19.2 Å². The van der Waals surface area contributed by atoms with Gasteiger partial charge in [-0.2, -0.15) is 4.99 Å². The highest BCUT2D eigenvalue weighted by atomic mass is 32.2. The first-order valence-corrected chi connectivity index (χ1v) is 13.7. The third-order valence-electron chi connectivity index (χ3n) is 5.59. The van der Waals surface area contributed by atoms with Gasteiger partial charge in [0.05, 0.1) is 40.5 Å². The predicted octanol–water partition coefficient (Wildman–Crippen LogP) is 2.86. The molecule has 1 aliphatic rings. The fraction of sp³-hybridized carbons (Fsp3) is 0.542. The molecule has 1 fully saturated rings. The molecule has 3 rings (SSSR count). The topological polar surface area (TPSA) is 107 Å². The van der Waals surface area contributed by atoms with Crippen LogP contribution in [0.15, 0.2) is 23.2 Å². The summed E-state index contributed by atoms with van der Waals surface area (Å²) in [7, 11) is 0. The summed E-state index contributed by atoms with van der Waals surface area (Å²) >= 11 is 2.44. The summed E-state index contributed by atoms with van der Waals surface area (Å²) in [5.74, 6) is -0.329. The predicted molar refractivity (Wildman–Crippen MR) is 135 cm³/mol. The highest BCUT2D eigenvalue weighted by Gasteiger charge is 2.20. The minimum absolute atomic E-state index is 0.0421. The third-order valence-corrected chi connectivity index (χ3v) is 7.54. The van der Waals surface area contributed by atoms with Crippen molar-refractivity contribution in [3.63, 3.8) is 0 Å². The number of ether oxygens (including phenoxy) is 2. The number of rotatable bonds is 9. The standard InChI is InChI=1S/C24H31N3O6S2/c1-4-32-22(30)13-27-18-7-6-17(23(31)33-5-2)12-19(18)35-24(27)25-20(28)14-34-15-21(29)26-10-8-16(3)9-11-26/h6-7,12,16H,4-5,8-11,13-15H2,1-3H3. The molecule has 2 aromatic rings. The molecule has 0 N–H and O–H groups in total. The van der Waals surface area contributed by atoms with Crippen molar-refractivity contribution in [3.05, 3.63) is 28.6 Å². The minimum Gasteiger partial charge on any atom is -0.465 e. The molecule has 0 unspecified atom stereocenters. The normalized spacial score (nSPS) is 14.8. The molecule has 0 saturated carbocycles. The average Bonchev–Trinajstić information content (AvgIpc) is 3.15. The Morgan fingerprint density at radius 3 is 2.49 bits per heavy atom. The summed E-state index contributed by atoms with van der Waals surface area (Å²) in [5.41, 5.74) is 1.03. The number of nitrogens with zero attached hydrogens (tertiary/aromatic N) is 3. The summed E-state index contributed by atoms with van der Waals surface area (Å²) < 4.78 is 12.4. The summed E-state index contributed by atoms with van der Waals surface area (Å²) in [6, 6.07) is 4.98. The lowest BCUT2D eigenvalue weighted by Crippen LogP contribution is -2.39. The molecule has 1 saturated heterocycles. The number of carbonyl (C=O) groups is 4. The Kier molecular flexibility index (Phi) is 9.91. The first kappa shape index (κ1) is 26.9. The van der Waals surface area contributed by atoms with Crippen LogP contribution in [-0.4, -0.2) is 71.0 Å². The molecule has 1 aromatic carbocycles. The monoisotopic (exact) mass is 521 g/mol. The maximum absolute atomic E-state index is 12.6. The highest BCUT2D eigenvalue weighted by molar-refractivity contribution is 8.00. The zero-order valence-corrected chi connectivity index (χ0v) is 21.9. The second kappa shape index (κ2) is 12.9. The fourth-order valence-corrected chi connectivity index (χ4v) is 5.49. The zero-order chi connectivity index (χ0) is 25.4. The molecule has 0 atom stereocenters. The summed E-state index contributed by atoms with van der Waals surface area (Å²) in [5, 5.41) is 0. The van der Waals surface area contributed by atoms with Gasteiger partial charge in [-0.15, -0.1) is 11.8 Å². The first-order valence-electron chi connectivity index (χ1n) is 11.7. The van der Waals surface area contributed by atoms with Crippen LogP contribution in [0.2, 0.25) is 0 Å². The van der Waals surface area contributed by atoms with E-state index in [1.54, 1.807) is 36.6 Å². The number of aromatic nitrogens is 1. The number of hydrogen-bond acceptors (Lipinski definition) is 8. The Bertz CT molecular complexity index is 1150. The van der Waals surface area contributed by atoms with E-state index in [-0.39, 0.29) is 37.2 Å². The van der Waals surface area contributed by atoms with Crippen molar-refractivity contribution in [2.45, 2.75) is 40.2 Å². The number of hydrogen-bond donors (Lipinski definition) is 0. The summed E-state index contributed by atoms with van der Waals surface area (Å²) in [6.45, 7) is 7.56. The number of piperidine rings is 1. The number of carbonyl (C=O) groups excluding carboxylic acids is 4. The van der Waals surface area contributed by atoms with Crippen molar-refractivity contribution in [2.24, 2.45) is 10.9 Å². The van der Waals surface area contributed by atoms with Crippen molar-refractivity contribution in [2.75, 3.05) is 37.8 Å². The van der Waals surface area contributed by atoms with Gasteiger partial charge in [0.1, 0.15) is 6.54 Å². The van der Waals surface area contributed by atoms with E-state index in [0.29, 0.717) is 26.5 Å². The van der Waals surface area contributed by atoms with Crippen molar-refractivity contribution >= 4 is 57.1 Å². The van der Waals surface area contributed by atoms with Crippen LogP contribution in [0.25, 0.3) is 10.2 Å². The molecule has 0 radical (unpaired) electrons. The van der Waals surface area contributed by atoms with Gasteiger partial charge in [0.15, 0.2) is 4.80 Å². The van der Waals surface area contributed by atoms with E-state index in [0.717, 1.165) is 25.9 Å². The molecule has 9 nitrogen and oxygen atoms in total. The van der Waals surface area contributed by atoms with Crippen molar-refractivity contribution in [1.82, 2.24) is 9.47 Å². The largest absolute Gasteiger partial charge is 0.465 e. The fourth-order valence-electron chi connectivity index (χ4n) is 3.70. The number of benzene rings is 1. The molecular weight excluding hydrogens is 490 g/mol. The van der Waals surface area contributed by atoms with Crippen LogP contribution in [-0.2, 0) is 30.4 Å². The van der Waals surface area contributed by atoms with Gasteiger partial charge in [-0.25, -0.2) is 4.79 Å². The van der Waals surface area contributed by atoms with E-state index in [1.807, 2.05) is 4.90 Å². The Balaban J connectivity index is 1.75. The van der Waals surface area contributed by atoms with Crippen LogP contribution in [0.3, 0.4) is 0 Å². The molecule has 35 heavy (non-hydrogen) atoms. The van der Waals surface area contributed by atoms with Gasteiger partial charge in [-0.1, -0.05) is 18.3 Å². The molecule has 190 valence electrons. The second-order valence-corrected chi connectivity index (χ2v) is 10.2. The van der Waals surface area contributed by atoms with Crippen LogP contribution < -0.4 is 4.80 Å². The van der Waals surface area contributed by atoms with Gasteiger partial charge < -0.3 is 18.9 Å². The lowest BCUT2D eigenvalue weighted by Gasteiger charge is -2.30. The quantitative estimate of drug-likeness (QED) is 0.467. The van der Waals surface area contributed by atoms with Crippen LogP contribution >= 0.6 is 23.1 Å². The molecule has 2 heterocycles. The molecule has 2 amide bonds. The molecule has 1 aliphatic heterocycles. The lowest BCUT2D eigenvalue weighted by atomic mass is 9.99. The van der Waals surface area contributed by atoms with Crippen LogP contribution in [0.5, 0.6) is 0 Å². The number of thioether (sulfide) groups is 1. The smallest absolute Gasteiger partial charge is 0.338 e. The van der Waals surface area contributed by atoms with E-state index < -0.39 is 17.8 Å². The maximum atomic E-state index is 12.6.